The number of H-pyrrole nitrogens is 1. The smallest absolute Gasteiger partial charge is 0.232 e. The number of rotatable bonds is 40. The van der Waals surface area contributed by atoms with Gasteiger partial charge in [0.15, 0.2) is 5.82 Å². The minimum atomic E-state index is -1.99. The molecule has 9 heterocycles. The van der Waals surface area contributed by atoms with Gasteiger partial charge in [-0.05, 0) is 113 Å². The molecule has 0 fully saturated rings. The van der Waals surface area contributed by atoms with Gasteiger partial charge < -0.3 is 78.0 Å². The second-order valence-corrected chi connectivity index (χ2v) is 43.6. The number of ether oxygens (including phenoxy) is 6. The number of aliphatic hydroxyl groups excluding tert-OH is 2. The Morgan fingerprint density at radius 1 is 0.476 bits per heavy atom. The van der Waals surface area contributed by atoms with Gasteiger partial charge in [0, 0.05) is 103 Å². The zero-order chi connectivity index (χ0) is 103. The number of halogens is 1. The maximum atomic E-state index is 11.2. The van der Waals surface area contributed by atoms with Crippen molar-refractivity contribution in [2.45, 2.75) is 107 Å². The predicted molar refractivity (Wildman–Crippen MR) is 573 cm³/mol. The maximum Gasteiger partial charge on any atom is 0.232 e. The molecule has 17 rings (SSSR count). The van der Waals surface area contributed by atoms with Crippen LogP contribution in [-0.2, 0) is 19.0 Å². The van der Waals surface area contributed by atoms with Crippen LogP contribution in [0.15, 0.2) is 279 Å². The summed E-state index contributed by atoms with van der Waals surface area (Å²) in [5, 5.41) is 60.7. The number of nitrogens with two attached hydrogens (primary N) is 1. The number of fused-ring (bicyclic) bond motifs is 4. The number of nitrogens with zero attached hydrogens (tertiary/aromatic N) is 16. The van der Waals surface area contributed by atoms with Crippen LogP contribution in [-0.4, -0.2) is 193 Å². The molecule has 752 valence electrons. The van der Waals surface area contributed by atoms with Crippen LogP contribution in [0.3, 0.4) is 0 Å². The van der Waals surface area contributed by atoms with Gasteiger partial charge in [0.1, 0.15) is 102 Å². The fourth-order valence-electron chi connectivity index (χ4n) is 14.3. The Hall–Kier alpha value is -15.2. The summed E-state index contributed by atoms with van der Waals surface area (Å²) in [7, 11) is 5.15. The third-order valence-electron chi connectivity index (χ3n) is 21.3. The Morgan fingerprint density at radius 3 is 1.09 bits per heavy atom. The number of benzene rings is 8. The van der Waals surface area contributed by atoms with Gasteiger partial charge in [0.25, 0.3) is 0 Å². The topological polar surface area (TPSA) is 482 Å². The Kier molecular flexibility index (Phi) is 47.5. The van der Waals surface area contributed by atoms with Crippen LogP contribution in [0, 0.1) is 22.7 Å². The van der Waals surface area contributed by atoms with Crippen molar-refractivity contribution >= 4 is 101 Å². The molecule has 0 saturated carbocycles. The first-order valence-electron chi connectivity index (χ1n) is 47.5. The molecule has 0 radical (unpaired) electrons. The summed E-state index contributed by atoms with van der Waals surface area (Å²) in [6.07, 6.45) is 15.9. The zero-order valence-corrected chi connectivity index (χ0v) is 87.5. The van der Waals surface area contributed by atoms with Crippen molar-refractivity contribution in [1.82, 2.24) is 60.5 Å². The molecule has 9 aromatic heterocycles. The Bertz CT molecular complexity index is 6860. The van der Waals surface area contributed by atoms with Gasteiger partial charge in [0.2, 0.25) is 22.9 Å². The van der Waals surface area contributed by atoms with Gasteiger partial charge in [-0.15, -0.1) is 15.0 Å². The Labute approximate surface area is 856 Å². The number of methoxy groups -OCH3 is 4. The number of allylic oxidation sites excluding steroid dienone is 1. The van der Waals surface area contributed by atoms with Crippen LogP contribution in [0.2, 0.25) is 33.7 Å². The number of tetrazole rings is 1. The molecular formula is C108H122ClN21O13SiSn. The zero-order valence-electron chi connectivity index (χ0n) is 82.9. The van der Waals surface area contributed by atoms with Crippen molar-refractivity contribution in [3.8, 4) is 125 Å². The van der Waals surface area contributed by atoms with Gasteiger partial charge in [-0.3, -0.25) is 0 Å². The summed E-state index contributed by atoms with van der Waals surface area (Å²) in [4.78, 5) is 37.6. The van der Waals surface area contributed by atoms with E-state index in [1.165, 1.54) is 57.1 Å². The summed E-state index contributed by atoms with van der Waals surface area (Å²) in [5.74, 6) is 8.87. The molecule has 34 nitrogen and oxygen atoms in total. The monoisotopic (exact) mass is 2100 g/mol. The quantitative estimate of drug-likeness (QED) is 0.00357. The third kappa shape index (κ3) is 34.0. The molecule has 0 aliphatic rings. The molecule has 37 heteroatoms. The minimum Gasteiger partial charge on any atom is -0.497 e. The van der Waals surface area contributed by atoms with Crippen molar-refractivity contribution in [2.75, 3.05) is 110 Å². The normalized spacial score (nSPS) is 10.5. The van der Waals surface area contributed by atoms with Gasteiger partial charge >= 0.3 is 71.2 Å². The standard InChI is InChI=1S/C25H25N7O3.C25H24N4O3.C22H21N3O3.C19H13ClN2O2.2C4H9.C3H9N3Si.C3H9NO.C3H3N.O.Sn/c1-33-19-10-8-17(9-11-19)21-22-24(26-13-5-14-34-15-12-20-29-31-32-30-20)27-16-28-25(22)35-23(21)18-6-3-2-4-7-18;1-30-20-11-9-18(10-12-20)21-22-24(27-14-6-16-31-15-5-13-26)28-17-29-25(22)32-23(21)19-7-3-2-4-8-19;1-27-17-10-8-15(9-11-17)18-19-21(23-12-5-13-26)24-14-25-22(19)28-20(18)16-6-3-2-4-7-16;1-23-14-9-7-12(8-10-14)15-16-18(20)21-11-22-19(16)24-17(15)13-5-3-2-4-6-13;2*1-3-4-2;1-7(2,3)6-5-4;4-2-1-3-5;1-2-3-4;;/h2-4,6-11,16H,5,12-15H2,1H3,(H,26,27,28)(H,29,30,31,32);2-4,7-12,17H,5-6,14-16H2,1H3,(H,27,28,29);2-4,6-11,14,26H,5,12-13H2,1H3,(H,23,24,25);2-11H,1H3;2*1,3-4H2,2H3;1-3H3;5H,1-4H2;2H,1H2;;. The van der Waals surface area contributed by atoms with E-state index in [0.29, 0.717) is 123 Å². The van der Waals surface area contributed by atoms with Crippen molar-refractivity contribution in [3.05, 3.63) is 278 Å². The average molecular weight is 2100 g/mol. The van der Waals surface area contributed by atoms with Crippen LogP contribution in [0.1, 0.15) is 77.5 Å². The van der Waals surface area contributed by atoms with Crippen LogP contribution in [0.5, 0.6) is 23.0 Å². The largest absolute Gasteiger partial charge is 0.497 e. The molecule has 8 N–H and O–H groups in total. The van der Waals surface area contributed by atoms with Crippen LogP contribution < -0.4 is 40.6 Å². The molecule has 8 aromatic carbocycles. The molecule has 0 bridgehead atoms. The summed E-state index contributed by atoms with van der Waals surface area (Å²) in [5.41, 5.74) is 26.4. The van der Waals surface area contributed by atoms with E-state index in [-0.39, 0.29) is 13.2 Å². The first-order valence-corrected chi connectivity index (χ1v) is 56.5. The number of hydrogen-bond acceptors (Lipinski definition) is 31. The first-order chi connectivity index (χ1) is 70.9. The number of azide groups is 1. The van der Waals surface area contributed by atoms with Crippen molar-refractivity contribution in [2.24, 2.45) is 10.5 Å². The fraction of sp³-hybridized carbons (Fsp3) is 0.287. The molecule has 17 aromatic rings. The van der Waals surface area contributed by atoms with E-state index in [1.54, 1.807) is 34.5 Å². The van der Waals surface area contributed by atoms with E-state index in [4.69, 9.17) is 89.7 Å². The summed E-state index contributed by atoms with van der Waals surface area (Å²) in [6, 6.07) is 75.0. The number of nitrogens with one attached hydrogen (secondary N) is 4. The second kappa shape index (κ2) is 61.6. The maximum absolute atomic E-state index is 11.2. The molecule has 0 unspecified atom stereocenters. The summed E-state index contributed by atoms with van der Waals surface area (Å²) >= 11 is 4.35. The van der Waals surface area contributed by atoms with Gasteiger partial charge in [-0.2, -0.15) is 15.7 Å². The van der Waals surface area contributed by atoms with Crippen molar-refractivity contribution in [1.29, 1.82) is 10.5 Å². The molecule has 0 aliphatic carbocycles. The molecule has 0 saturated heterocycles. The van der Waals surface area contributed by atoms with E-state index in [0.717, 1.165) is 163 Å². The van der Waals surface area contributed by atoms with Crippen molar-refractivity contribution < 1.29 is 59.4 Å². The van der Waals surface area contributed by atoms with E-state index >= 15 is 0 Å². The molecule has 0 aliphatic heterocycles. The molecule has 0 amide bonds. The second-order valence-electron chi connectivity index (χ2n) is 32.7. The molecular weight excluding hydrogens is 1980 g/mol. The SMILES string of the molecule is C=CC#N.CCC[CH2][Sn](=[O])[CH2]CCC.COc1ccc(-c2c(-c3ccccc3)oc3ncnc(Cl)c23)cc1.COc1ccc(-c2c(-c3ccccc3)oc3ncnc(NCCCO)c23)cc1.COc1ccc(-c2c(-c3ccccc3)oc3ncnc(NCCCOCCC#N)c23)cc1.COc1ccc(-c2c(-c3ccccc3)oc3ncnc(NCCCOCCc4nn[nH]n4)c23)cc1.C[Si](C)(C)N=[N+]=[N-].NCCCO. The summed E-state index contributed by atoms with van der Waals surface area (Å²) < 4.78 is 74.0. The van der Waals surface area contributed by atoms with E-state index in [1.807, 2.05) is 238 Å². The number of furan rings is 4. The van der Waals surface area contributed by atoms with E-state index in [2.05, 4.69) is 113 Å². The Balaban J connectivity index is 0.000000184. The molecule has 0 spiro atoms. The number of aromatic amines is 1. The number of aromatic nitrogens is 12. The number of anilines is 3. The van der Waals surface area contributed by atoms with Crippen LogP contribution >= 0.6 is 11.6 Å². The van der Waals surface area contributed by atoms with E-state index < -0.39 is 28.0 Å². The van der Waals surface area contributed by atoms with E-state index in [9.17, 15) is 3.08 Å². The Morgan fingerprint density at radius 2 is 0.807 bits per heavy atom. The summed E-state index contributed by atoms with van der Waals surface area (Å²) in [6.45, 7) is 18.5. The van der Waals surface area contributed by atoms with Gasteiger partial charge in [0.05, 0.1) is 81.8 Å². The predicted octanol–water partition coefficient (Wildman–Crippen LogP) is 24.2. The number of nitriles is 2. The van der Waals surface area contributed by atoms with Gasteiger partial charge in [-0.25, -0.2) is 39.9 Å². The molecule has 0 atom stereocenters. The average Bonchev–Trinajstić information content (AvgIpc) is 1.62. The third-order valence-corrected chi connectivity index (χ3v) is 27.5. The fourth-order valence-corrected chi connectivity index (χ4v) is 19.8. The first kappa shape index (κ1) is 112. The van der Waals surface area contributed by atoms with Crippen LogP contribution in [0.25, 0.3) is 145 Å². The van der Waals surface area contributed by atoms with Crippen LogP contribution in [0.4, 0.5) is 17.5 Å². The molecule has 145 heavy (non-hydrogen) atoms. The number of hydrogen-bond donors (Lipinski definition) is 7. The van der Waals surface area contributed by atoms with Crippen molar-refractivity contribution in [3.63, 3.8) is 0 Å². The number of unbranched alkanes of at least 4 members (excludes halogenated alkanes) is 2. The number of aliphatic hydroxyl groups is 2. The van der Waals surface area contributed by atoms with Gasteiger partial charge in [-0.1, -0.05) is 213 Å². The minimum absolute atomic E-state index is 0.118.